The highest BCUT2D eigenvalue weighted by Gasteiger charge is 2.53. The normalized spacial score (nSPS) is 42.4. The summed E-state index contributed by atoms with van der Waals surface area (Å²) < 4.78 is 23.0. The molecule has 5 atom stereocenters. The Labute approximate surface area is 111 Å². The fourth-order valence-electron chi connectivity index (χ4n) is 4.85. The molecule has 104 valence electrons. The van der Waals surface area contributed by atoms with Gasteiger partial charge in [-0.25, -0.2) is 8.42 Å². The van der Waals surface area contributed by atoms with Crippen molar-refractivity contribution in [1.82, 2.24) is 5.32 Å². The number of fused-ring (bicyclic) bond motifs is 5. The Bertz CT molecular complexity index is 406. The molecule has 0 aliphatic heterocycles. The maximum atomic E-state index is 11.5. The minimum absolute atomic E-state index is 0.274. The molecule has 4 heteroatoms. The van der Waals surface area contributed by atoms with Gasteiger partial charge in [0.15, 0.2) is 9.84 Å². The molecule has 3 saturated carbocycles. The molecule has 0 heterocycles. The standard InChI is InChI=1S/C14H25NO2S/c1-2-18(16,17)7-6-15-14-9-10-8-13(14)12-5-3-4-11(10)12/h10-15H,2-9H2,1H3/t10-,11-,12+,13+,14-/m0/s1. The van der Waals surface area contributed by atoms with Gasteiger partial charge in [0.1, 0.15) is 0 Å². The van der Waals surface area contributed by atoms with Crippen LogP contribution in [0.15, 0.2) is 0 Å². The van der Waals surface area contributed by atoms with Crippen LogP contribution < -0.4 is 5.32 Å². The first kappa shape index (κ1) is 12.9. The fourth-order valence-corrected chi connectivity index (χ4v) is 5.56. The molecule has 3 fully saturated rings. The number of nitrogens with one attached hydrogen (secondary N) is 1. The summed E-state index contributed by atoms with van der Waals surface area (Å²) in [6.07, 6.45) is 7.03. The Kier molecular flexibility index (Phi) is 3.43. The third-order valence-corrected chi connectivity index (χ3v) is 7.39. The fraction of sp³-hybridized carbons (Fsp3) is 1.00. The first-order valence-corrected chi connectivity index (χ1v) is 9.36. The molecule has 0 spiro atoms. The van der Waals surface area contributed by atoms with Gasteiger partial charge in [-0.3, -0.25) is 0 Å². The van der Waals surface area contributed by atoms with Crippen molar-refractivity contribution in [2.24, 2.45) is 23.7 Å². The molecule has 0 aromatic rings. The van der Waals surface area contributed by atoms with E-state index in [0.29, 0.717) is 18.3 Å². The molecule has 3 aliphatic carbocycles. The second kappa shape index (κ2) is 4.78. The van der Waals surface area contributed by atoms with Crippen LogP contribution >= 0.6 is 0 Å². The van der Waals surface area contributed by atoms with Crippen molar-refractivity contribution in [3.8, 4) is 0 Å². The molecule has 1 N–H and O–H groups in total. The Morgan fingerprint density at radius 1 is 1.11 bits per heavy atom. The van der Waals surface area contributed by atoms with Crippen molar-refractivity contribution >= 4 is 9.84 Å². The summed E-state index contributed by atoms with van der Waals surface area (Å²) in [6, 6.07) is 0.612. The van der Waals surface area contributed by atoms with Gasteiger partial charge in [0, 0.05) is 18.3 Å². The van der Waals surface area contributed by atoms with Crippen molar-refractivity contribution in [2.75, 3.05) is 18.1 Å². The molecule has 3 nitrogen and oxygen atoms in total. The minimum Gasteiger partial charge on any atom is -0.313 e. The van der Waals surface area contributed by atoms with E-state index < -0.39 is 9.84 Å². The molecule has 18 heavy (non-hydrogen) atoms. The third kappa shape index (κ3) is 2.22. The van der Waals surface area contributed by atoms with Crippen LogP contribution in [0.3, 0.4) is 0 Å². The molecule has 3 aliphatic rings. The van der Waals surface area contributed by atoms with E-state index in [9.17, 15) is 8.42 Å². The van der Waals surface area contributed by atoms with E-state index >= 15 is 0 Å². The lowest BCUT2D eigenvalue weighted by Crippen LogP contribution is -2.41. The SMILES string of the molecule is CCS(=O)(=O)CCN[C@H]1C[C@@H]2C[C@@H]1[C@@H]1CCC[C@@H]21. The molecule has 0 saturated heterocycles. The second-order valence-corrected chi connectivity index (χ2v) is 8.92. The topological polar surface area (TPSA) is 46.2 Å². The molecular formula is C14H25NO2S. The lowest BCUT2D eigenvalue weighted by atomic mass is 9.79. The van der Waals surface area contributed by atoms with Crippen molar-refractivity contribution in [1.29, 1.82) is 0 Å². The van der Waals surface area contributed by atoms with Crippen LogP contribution in [0.25, 0.3) is 0 Å². The number of hydrogen-bond donors (Lipinski definition) is 1. The quantitative estimate of drug-likeness (QED) is 0.830. The number of hydrogen-bond acceptors (Lipinski definition) is 3. The molecular weight excluding hydrogens is 246 g/mol. The molecule has 2 bridgehead atoms. The highest BCUT2D eigenvalue weighted by atomic mass is 32.2. The minimum atomic E-state index is -2.80. The van der Waals surface area contributed by atoms with Crippen LogP contribution in [0.5, 0.6) is 0 Å². The third-order valence-electron chi connectivity index (χ3n) is 5.69. The van der Waals surface area contributed by atoms with Crippen LogP contribution in [0.1, 0.15) is 39.0 Å². The predicted octanol–water partition coefficient (Wildman–Crippen LogP) is 1.84. The molecule has 0 aromatic carbocycles. The predicted molar refractivity (Wildman–Crippen MR) is 73.2 cm³/mol. The van der Waals surface area contributed by atoms with Gasteiger partial charge in [-0.05, 0) is 49.4 Å². The van der Waals surface area contributed by atoms with Crippen molar-refractivity contribution in [2.45, 2.75) is 45.1 Å². The van der Waals surface area contributed by atoms with Gasteiger partial charge in [0.25, 0.3) is 0 Å². The smallest absolute Gasteiger partial charge is 0.151 e. The van der Waals surface area contributed by atoms with E-state index in [4.69, 9.17) is 0 Å². The Morgan fingerprint density at radius 2 is 1.89 bits per heavy atom. The Hall–Kier alpha value is -0.0900. The van der Waals surface area contributed by atoms with Crippen LogP contribution in [0.4, 0.5) is 0 Å². The highest BCUT2D eigenvalue weighted by Crippen LogP contribution is 2.58. The summed E-state index contributed by atoms with van der Waals surface area (Å²) >= 11 is 0. The van der Waals surface area contributed by atoms with Gasteiger partial charge < -0.3 is 5.32 Å². The number of rotatable bonds is 5. The van der Waals surface area contributed by atoms with E-state index in [2.05, 4.69) is 5.32 Å². The summed E-state index contributed by atoms with van der Waals surface area (Å²) in [6.45, 7) is 2.39. The summed E-state index contributed by atoms with van der Waals surface area (Å²) in [5.41, 5.74) is 0. The van der Waals surface area contributed by atoms with E-state index in [1.807, 2.05) is 0 Å². The summed E-state index contributed by atoms with van der Waals surface area (Å²) in [4.78, 5) is 0. The van der Waals surface area contributed by atoms with Crippen LogP contribution in [-0.4, -0.2) is 32.5 Å². The average Bonchev–Trinajstić information content (AvgIpc) is 3.00. The maximum Gasteiger partial charge on any atom is 0.151 e. The number of sulfone groups is 1. The Balaban J connectivity index is 1.51. The molecule has 0 amide bonds. The van der Waals surface area contributed by atoms with Gasteiger partial charge >= 0.3 is 0 Å². The van der Waals surface area contributed by atoms with E-state index in [-0.39, 0.29) is 5.75 Å². The van der Waals surface area contributed by atoms with Crippen molar-refractivity contribution in [3.05, 3.63) is 0 Å². The lowest BCUT2D eigenvalue weighted by Gasteiger charge is -2.32. The zero-order valence-corrected chi connectivity index (χ0v) is 12.1. The zero-order valence-electron chi connectivity index (χ0n) is 11.3. The highest BCUT2D eigenvalue weighted by molar-refractivity contribution is 7.91. The lowest BCUT2D eigenvalue weighted by molar-refractivity contribution is 0.211. The van der Waals surface area contributed by atoms with Gasteiger partial charge in [0.2, 0.25) is 0 Å². The zero-order chi connectivity index (χ0) is 12.8. The molecule has 0 aromatic heterocycles. The van der Waals surface area contributed by atoms with Gasteiger partial charge in [-0.2, -0.15) is 0 Å². The summed E-state index contributed by atoms with van der Waals surface area (Å²) in [5.74, 6) is 4.37. The van der Waals surface area contributed by atoms with Gasteiger partial charge in [-0.1, -0.05) is 13.3 Å². The molecule has 0 radical (unpaired) electrons. The van der Waals surface area contributed by atoms with Crippen LogP contribution in [-0.2, 0) is 9.84 Å². The van der Waals surface area contributed by atoms with Crippen LogP contribution in [0.2, 0.25) is 0 Å². The van der Waals surface area contributed by atoms with Gasteiger partial charge in [-0.15, -0.1) is 0 Å². The van der Waals surface area contributed by atoms with E-state index in [0.717, 1.165) is 23.7 Å². The molecule has 0 unspecified atom stereocenters. The van der Waals surface area contributed by atoms with E-state index in [1.165, 1.54) is 32.1 Å². The first-order chi connectivity index (χ1) is 8.61. The van der Waals surface area contributed by atoms with Gasteiger partial charge in [0.05, 0.1) is 5.75 Å². The molecule has 3 rings (SSSR count). The second-order valence-electron chi connectivity index (χ2n) is 6.45. The summed E-state index contributed by atoms with van der Waals surface area (Å²) in [5, 5.41) is 3.54. The Morgan fingerprint density at radius 3 is 2.67 bits per heavy atom. The maximum absolute atomic E-state index is 11.5. The van der Waals surface area contributed by atoms with Crippen LogP contribution in [0, 0.1) is 23.7 Å². The first-order valence-electron chi connectivity index (χ1n) is 7.54. The monoisotopic (exact) mass is 271 g/mol. The summed E-state index contributed by atoms with van der Waals surface area (Å²) in [7, 11) is -2.80. The van der Waals surface area contributed by atoms with Crippen molar-refractivity contribution in [3.63, 3.8) is 0 Å². The van der Waals surface area contributed by atoms with Crippen molar-refractivity contribution < 1.29 is 8.42 Å². The van der Waals surface area contributed by atoms with E-state index in [1.54, 1.807) is 6.92 Å². The average molecular weight is 271 g/mol. The largest absolute Gasteiger partial charge is 0.313 e.